The van der Waals surface area contributed by atoms with E-state index in [9.17, 15) is 4.79 Å². The van der Waals surface area contributed by atoms with Crippen LogP contribution in [-0.2, 0) is 16.6 Å². The number of nitrogens with zero attached hydrogens (tertiary/aromatic N) is 1. The van der Waals surface area contributed by atoms with Crippen molar-refractivity contribution in [2.24, 2.45) is 0 Å². The number of aryl methyl sites for hydroxylation is 1. The summed E-state index contributed by atoms with van der Waals surface area (Å²) in [6, 6.07) is 2.16. The molecule has 0 bridgehead atoms. The number of pyridine rings is 1. The third-order valence-electron chi connectivity index (χ3n) is 3.50. The van der Waals surface area contributed by atoms with E-state index in [0.717, 1.165) is 23.4 Å². The molecule has 0 unspecified atom stereocenters. The first kappa shape index (κ1) is 13.0. The van der Waals surface area contributed by atoms with E-state index in [2.05, 4.69) is 33.8 Å². The second-order valence-corrected chi connectivity index (χ2v) is 6.00. The number of allylic oxidation sites excluding steroid dienone is 2. The number of fused-ring (bicyclic) bond motifs is 1. The molecule has 1 aliphatic rings. The van der Waals surface area contributed by atoms with Crippen molar-refractivity contribution in [3.8, 4) is 0 Å². The molecular formula is C16H21NO. The summed E-state index contributed by atoms with van der Waals surface area (Å²) in [6.45, 7) is 10.5. The molecule has 0 N–H and O–H groups in total. The predicted octanol–water partition coefficient (Wildman–Crippen LogP) is 3.61. The Bertz CT molecular complexity index is 533. The fourth-order valence-corrected chi connectivity index (χ4v) is 2.30. The molecule has 0 spiro atoms. The number of Topliss-reactive ketones (excluding diaryl/α,β-unsaturated/α-hetero) is 1. The minimum absolute atomic E-state index is 0.0166. The molecule has 0 radical (unpaired) electrons. The van der Waals surface area contributed by atoms with E-state index in [4.69, 9.17) is 4.98 Å². The number of hydrogen-bond donors (Lipinski definition) is 0. The summed E-state index contributed by atoms with van der Waals surface area (Å²) in [6.07, 6.45) is 3.42. The number of rotatable bonds is 2. The minimum atomic E-state index is 0.0166. The molecule has 2 heteroatoms. The van der Waals surface area contributed by atoms with Crippen molar-refractivity contribution < 1.29 is 4.79 Å². The largest absolute Gasteiger partial charge is 0.294 e. The molecule has 96 valence electrons. The van der Waals surface area contributed by atoms with Gasteiger partial charge < -0.3 is 0 Å². The van der Waals surface area contributed by atoms with Gasteiger partial charge in [0.25, 0.3) is 0 Å². The standard InChI is InChI=1S/C16H21NO/c1-6-13(18)12-8-7-11-10(2)9-14(16(3,4)5)17-15(11)12/h8-9H,6-7H2,1-5H3. The van der Waals surface area contributed by atoms with Crippen molar-refractivity contribution in [2.45, 2.75) is 52.9 Å². The van der Waals surface area contributed by atoms with Gasteiger partial charge in [0.2, 0.25) is 0 Å². The smallest absolute Gasteiger partial charge is 0.164 e. The van der Waals surface area contributed by atoms with E-state index in [1.165, 1.54) is 11.1 Å². The predicted molar refractivity (Wildman–Crippen MR) is 74.7 cm³/mol. The molecule has 0 aromatic carbocycles. The second-order valence-electron chi connectivity index (χ2n) is 6.00. The van der Waals surface area contributed by atoms with Gasteiger partial charge in [-0.25, -0.2) is 0 Å². The van der Waals surface area contributed by atoms with Crippen LogP contribution in [0.3, 0.4) is 0 Å². The van der Waals surface area contributed by atoms with Gasteiger partial charge in [0, 0.05) is 23.1 Å². The average Bonchev–Trinajstić information content (AvgIpc) is 2.71. The number of carbonyl (C=O) groups is 1. The van der Waals surface area contributed by atoms with Crippen molar-refractivity contribution >= 4 is 11.4 Å². The molecule has 2 rings (SSSR count). The zero-order chi connectivity index (χ0) is 13.5. The van der Waals surface area contributed by atoms with Gasteiger partial charge in [0.05, 0.1) is 5.69 Å². The Labute approximate surface area is 109 Å². The number of aromatic nitrogens is 1. The van der Waals surface area contributed by atoms with Gasteiger partial charge in [-0.15, -0.1) is 0 Å². The quantitative estimate of drug-likeness (QED) is 0.794. The zero-order valence-electron chi connectivity index (χ0n) is 11.9. The van der Waals surface area contributed by atoms with Gasteiger partial charge in [-0.1, -0.05) is 33.8 Å². The molecule has 1 aromatic heterocycles. The Hall–Kier alpha value is -1.44. The van der Waals surface area contributed by atoms with Gasteiger partial charge in [-0.3, -0.25) is 9.78 Å². The summed E-state index contributed by atoms with van der Waals surface area (Å²) < 4.78 is 0. The highest BCUT2D eigenvalue weighted by Gasteiger charge is 2.25. The summed E-state index contributed by atoms with van der Waals surface area (Å²) in [5.41, 5.74) is 5.30. The lowest BCUT2D eigenvalue weighted by Gasteiger charge is -2.20. The van der Waals surface area contributed by atoms with Crippen LogP contribution in [0.1, 0.15) is 56.6 Å². The van der Waals surface area contributed by atoms with Crippen LogP contribution in [0.5, 0.6) is 0 Å². The molecule has 0 atom stereocenters. The van der Waals surface area contributed by atoms with Gasteiger partial charge >= 0.3 is 0 Å². The van der Waals surface area contributed by atoms with Crippen molar-refractivity contribution in [3.05, 3.63) is 34.7 Å². The Morgan fingerprint density at radius 1 is 1.39 bits per heavy atom. The van der Waals surface area contributed by atoms with Gasteiger partial charge in [0.15, 0.2) is 5.78 Å². The lowest BCUT2D eigenvalue weighted by Crippen LogP contribution is -2.16. The van der Waals surface area contributed by atoms with Crippen molar-refractivity contribution in [1.82, 2.24) is 4.98 Å². The Balaban J connectivity index is 2.55. The molecule has 2 nitrogen and oxygen atoms in total. The molecule has 0 saturated heterocycles. The lowest BCUT2D eigenvalue weighted by molar-refractivity contribution is -0.113. The summed E-state index contributed by atoms with van der Waals surface area (Å²) in [5, 5.41) is 0. The number of carbonyl (C=O) groups excluding carboxylic acids is 1. The summed E-state index contributed by atoms with van der Waals surface area (Å²) in [4.78, 5) is 16.7. The first-order chi connectivity index (χ1) is 8.34. The number of ketones is 1. The molecule has 1 aliphatic carbocycles. The molecule has 0 amide bonds. The second kappa shape index (κ2) is 4.34. The maximum atomic E-state index is 11.9. The first-order valence-corrected chi connectivity index (χ1v) is 6.59. The van der Waals surface area contributed by atoms with Gasteiger partial charge in [-0.2, -0.15) is 0 Å². The molecular weight excluding hydrogens is 222 g/mol. The summed E-state index contributed by atoms with van der Waals surface area (Å²) in [7, 11) is 0. The van der Waals surface area contributed by atoms with E-state index in [0.29, 0.717) is 6.42 Å². The van der Waals surface area contributed by atoms with Gasteiger partial charge in [0.1, 0.15) is 0 Å². The highest BCUT2D eigenvalue weighted by atomic mass is 16.1. The van der Waals surface area contributed by atoms with Crippen LogP contribution >= 0.6 is 0 Å². The van der Waals surface area contributed by atoms with E-state index >= 15 is 0 Å². The third kappa shape index (κ3) is 2.12. The van der Waals surface area contributed by atoms with Crippen LogP contribution in [-0.4, -0.2) is 10.8 Å². The highest BCUT2D eigenvalue weighted by Crippen LogP contribution is 2.32. The van der Waals surface area contributed by atoms with Crippen LogP contribution in [0, 0.1) is 6.92 Å². The van der Waals surface area contributed by atoms with Gasteiger partial charge in [-0.05, 0) is 30.5 Å². The normalized spacial score (nSPS) is 14.4. The van der Waals surface area contributed by atoms with Crippen molar-refractivity contribution in [2.75, 3.05) is 0 Å². The fourth-order valence-electron chi connectivity index (χ4n) is 2.30. The molecule has 0 aliphatic heterocycles. The zero-order valence-corrected chi connectivity index (χ0v) is 11.9. The highest BCUT2D eigenvalue weighted by molar-refractivity contribution is 6.21. The van der Waals surface area contributed by atoms with E-state index in [1.807, 2.05) is 13.0 Å². The van der Waals surface area contributed by atoms with Crippen LogP contribution in [0.2, 0.25) is 0 Å². The molecule has 18 heavy (non-hydrogen) atoms. The third-order valence-corrected chi connectivity index (χ3v) is 3.50. The number of hydrogen-bond acceptors (Lipinski definition) is 2. The molecule has 0 saturated carbocycles. The van der Waals surface area contributed by atoms with Crippen molar-refractivity contribution in [1.29, 1.82) is 0 Å². The maximum Gasteiger partial charge on any atom is 0.164 e. The topological polar surface area (TPSA) is 30.0 Å². The Morgan fingerprint density at radius 3 is 2.61 bits per heavy atom. The molecule has 1 heterocycles. The van der Waals surface area contributed by atoms with E-state index in [1.54, 1.807) is 0 Å². The average molecular weight is 243 g/mol. The van der Waals surface area contributed by atoms with Crippen LogP contribution < -0.4 is 0 Å². The van der Waals surface area contributed by atoms with Crippen molar-refractivity contribution in [3.63, 3.8) is 0 Å². The monoisotopic (exact) mass is 243 g/mol. The van der Waals surface area contributed by atoms with E-state index < -0.39 is 0 Å². The maximum absolute atomic E-state index is 11.9. The lowest BCUT2D eigenvalue weighted by atomic mass is 9.89. The Kier molecular flexibility index (Phi) is 3.14. The minimum Gasteiger partial charge on any atom is -0.294 e. The van der Waals surface area contributed by atoms with Crippen LogP contribution in [0.15, 0.2) is 12.1 Å². The van der Waals surface area contributed by atoms with Crippen LogP contribution in [0.4, 0.5) is 0 Å². The summed E-state index contributed by atoms with van der Waals surface area (Å²) >= 11 is 0. The fraction of sp³-hybridized carbons (Fsp3) is 0.500. The Morgan fingerprint density at radius 2 is 2.06 bits per heavy atom. The van der Waals surface area contributed by atoms with Crippen LogP contribution in [0.25, 0.3) is 5.57 Å². The van der Waals surface area contributed by atoms with E-state index in [-0.39, 0.29) is 11.2 Å². The summed E-state index contributed by atoms with van der Waals surface area (Å²) in [5.74, 6) is 0.201. The molecule has 1 aromatic rings. The first-order valence-electron chi connectivity index (χ1n) is 6.59. The molecule has 0 fully saturated rings. The SMILES string of the molecule is CCC(=O)C1=CCc2c(C)cc(C(C)(C)C)nc21.